The number of benzene rings is 1. The van der Waals surface area contributed by atoms with Crippen molar-refractivity contribution in [1.82, 2.24) is 5.32 Å². The van der Waals surface area contributed by atoms with Crippen LogP contribution in [0.4, 0.5) is 18.9 Å². The van der Waals surface area contributed by atoms with Crippen molar-refractivity contribution >= 4 is 17.5 Å². The van der Waals surface area contributed by atoms with Crippen LogP contribution in [0, 0.1) is 5.92 Å². The minimum atomic E-state index is -4.91. The SMILES string of the molecule is CC(C)CC(=O)NCc1ccc(NC(=O)C(F)(F)F)cc1. The van der Waals surface area contributed by atoms with E-state index in [0.29, 0.717) is 13.0 Å². The fraction of sp³-hybridized carbons (Fsp3) is 0.429. The Morgan fingerprint density at radius 2 is 1.71 bits per heavy atom. The smallest absolute Gasteiger partial charge is 0.352 e. The zero-order chi connectivity index (χ0) is 16.0. The molecule has 0 bridgehead atoms. The molecule has 4 nitrogen and oxygen atoms in total. The van der Waals surface area contributed by atoms with E-state index in [1.807, 2.05) is 13.8 Å². The average Bonchev–Trinajstić information content (AvgIpc) is 2.36. The Morgan fingerprint density at radius 1 is 1.14 bits per heavy atom. The highest BCUT2D eigenvalue weighted by Crippen LogP contribution is 2.18. The minimum absolute atomic E-state index is 0.0505. The largest absolute Gasteiger partial charge is 0.471 e. The monoisotopic (exact) mass is 302 g/mol. The number of carbonyl (C=O) groups is 2. The Balaban J connectivity index is 2.51. The van der Waals surface area contributed by atoms with Crippen LogP contribution in [-0.2, 0) is 16.1 Å². The summed E-state index contributed by atoms with van der Waals surface area (Å²) in [4.78, 5) is 22.2. The van der Waals surface area contributed by atoms with Gasteiger partial charge in [0.05, 0.1) is 0 Å². The molecule has 0 fully saturated rings. The maximum atomic E-state index is 12.1. The predicted molar refractivity (Wildman–Crippen MR) is 72.4 cm³/mol. The van der Waals surface area contributed by atoms with Gasteiger partial charge in [0.1, 0.15) is 0 Å². The second-order valence-corrected chi connectivity index (χ2v) is 5.02. The van der Waals surface area contributed by atoms with Crippen LogP contribution in [0.2, 0.25) is 0 Å². The van der Waals surface area contributed by atoms with Crippen molar-refractivity contribution in [3.8, 4) is 0 Å². The van der Waals surface area contributed by atoms with E-state index in [-0.39, 0.29) is 17.5 Å². The molecule has 0 aromatic heterocycles. The van der Waals surface area contributed by atoms with E-state index in [1.165, 1.54) is 12.1 Å². The third-order valence-electron chi connectivity index (χ3n) is 2.55. The first kappa shape index (κ1) is 17.0. The first-order valence-electron chi connectivity index (χ1n) is 6.42. The van der Waals surface area contributed by atoms with Gasteiger partial charge in [-0.2, -0.15) is 13.2 Å². The molecule has 0 heterocycles. The van der Waals surface area contributed by atoms with E-state index >= 15 is 0 Å². The second kappa shape index (κ2) is 7.10. The molecule has 2 amide bonds. The molecule has 0 spiro atoms. The highest BCUT2D eigenvalue weighted by Gasteiger charge is 2.38. The average molecular weight is 302 g/mol. The van der Waals surface area contributed by atoms with Gasteiger partial charge >= 0.3 is 12.1 Å². The van der Waals surface area contributed by atoms with Gasteiger partial charge in [0.2, 0.25) is 5.91 Å². The summed E-state index contributed by atoms with van der Waals surface area (Å²) in [6.07, 6.45) is -4.50. The maximum Gasteiger partial charge on any atom is 0.471 e. The van der Waals surface area contributed by atoms with Gasteiger partial charge in [-0.05, 0) is 23.6 Å². The molecule has 1 aromatic carbocycles. The summed E-state index contributed by atoms with van der Waals surface area (Å²) in [5.41, 5.74) is 0.784. The Bertz CT molecular complexity index is 496. The van der Waals surface area contributed by atoms with Gasteiger partial charge in [0.15, 0.2) is 0 Å². The molecule has 7 heteroatoms. The van der Waals surface area contributed by atoms with E-state index < -0.39 is 12.1 Å². The quantitative estimate of drug-likeness (QED) is 0.878. The maximum absolute atomic E-state index is 12.1. The molecule has 0 saturated heterocycles. The summed E-state index contributed by atoms with van der Waals surface area (Å²) in [6, 6.07) is 5.80. The Kier molecular flexibility index (Phi) is 5.75. The number of rotatable bonds is 5. The molecule has 21 heavy (non-hydrogen) atoms. The number of hydrogen-bond acceptors (Lipinski definition) is 2. The van der Waals surface area contributed by atoms with Crippen LogP contribution in [0.3, 0.4) is 0 Å². The molecule has 0 aliphatic carbocycles. The summed E-state index contributed by atoms with van der Waals surface area (Å²) >= 11 is 0. The molecular weight excluding hydrogens is 285 g/mol. The van der Waals surface area contributed by atoms with E-state index in [9.17, 15) is 22.8 Å². The van der Waals surface area contributed by atoms with Gasteiger partial charge in [-0.25, -0.2) is 0 Å². The highest BCUT2D eigenvalue weighted by atomic mass is 19.4. The fourth-order valence-electron chi connectivity index (χ4n) is 1.55. The summed E-state index contributed by atoms with van der Waals surface area (Å²) < 4.78 is 36.2. The van der Waals surface area contributed by atoms with Crippen molar-refractivity contribution < 1.29 is 22.8 Å². The molecule has 1 rings (SSSR count). The molecule has 0 aliphatic heterocycles. The van der Waals surface area contributed by atoms with Crippen molar-refractivity contribution in [3.05, 3.63) is 29.8 Å². The molecule has 0 radical (unpaired) electrons. The molecule has 1 aromatic rings. The molecule has 2 N–H and O–H groups in total. The number of carbonyl (C=O) groups excluding carboxylic acids is 2. The van der Waals surface area contributed by atoms with Gasteiger partial charge in [-0.3, -0.25) is 9.59 Å². The van der Waals surface area contributed by atoms with Crippen LogP contribution < -0.4 is 10.6 Å². The van der Waals surface area contributed by atoms with Gasteiger partial charge < -0.3 is 10.6 Å². The molecule has 0 unspecified atom stereocenters. The summed E-state index contributed by atoms with van der Waals surface area (Å²) in [5.74, 6) is -1.84. The molecule has 0 saturated carbocycles. The van der Waals surface area contributed by atoms with E-state index in [0.717, 1.165) is 5.56 Å². The Labute approximate surface area is 120 Å². The van der Waals surface area contributed by atoms with Crippen LogP contribution in [0.1, 0.15) is 25.8 Å². The van der Waals surface area contributed by atoms with Gasteiger partial charge in [-0.15, -0.1) is 0 Å². The standard InChI is InChI=1S/C14H17F3N2O2/c1-9(2)7-12(20)18-8-10-3-5-11(6-4-10)19-13(21)14(15,16)17/h3-6,9H,7-8H2,1-2H3,(H,18,20)(H,19,21). The first-order chi connectivity index (χ1) is 9.68. The van der Waals surface area contributed by atoms with Crippen molar-refractivity contribution in [2.75, 3.05) is 5.32 Å². The number of anilines is 1. The lowest BCUT2D eigenvalue weighted by atomic mass is 10.1. The normalized spacial score (nSPS) is 11.3. The Hall–Kier alpha value is -2.05. The van der Waals surface area contributed by atoms with Gasteiger partial charge in [0.25, 0.3) is 0 Å². The van der Waals surface area contributed by atoms with Crippen LogP contribution in [-0.4, -0.2) is 18.0 Å². The lowest BCUT2D eigenvalue weighted by molar-refractivity contribution is -0.167. The van der Waals surface area contributed by atoms with Crippen molar-refractivity contribution in [1.29, 1.82) is 0 Å². The third kappa shape index (κ3) is 6.29. The Morgan fingerprint density at radius 3 is 2.19 bits per heavy atom. The number of amides is 2. The van der Waals surface area contributed by atoms with E-state index in [4.69, 9.17) is 0 Å². The molecular formula is C14H17F3N2O2. The van der Waals surface area contributed by atoms with Crippen LogP contribution in [0.25, 0.3) is 0 Å². The lowest BCUT2D eigenvalue weighted by Crippen LogP contribution is -2.29. The number of alkyl halides is 3. The number of hydrogen-bond donors (Lipinski definition) is 2. The highest BCUT2D eigenvalue weighted by molar-refractivity contribution is 5.94. The minimum Gasteiger partial charge on any atom is -0.352 e. The first-order valence-corrected chi connectivity index (χ1v) is 6.42. The zero-order valence-corrected chi connectivity index (χ0v) is 11.8. The third-order valence-corrected chi connectivity index (χ3v) is 2.55. The van der Waals surface area contributed by atoms with E-state index in [2.05, 4.69) is 5.32 Å². The van der Waals surface area contributed by atoms with Crippen LogP contribution in [0.5, 0.6) is 0 Å². The van der Waals surface area contributed by atoms with Crippen molar-refractivity contribution in [3.63, 3.8) is 0 Å². The fourth-order valence-corrected chi connectivity index (χ4v) is 1.55. The molecule has 0 atom stereocenters. The van der Waals surface area contributed by atoms with E-state index in [1.54, 1.807) is 17.4 Å². The summed E-state index contributed by atoms with van der Waals surface area (Å²) in [5, 5.41) is 4.46. The predicted octanol–water partition coefficient (Wildman–Crippen LogP) is 2.85. The van der Waals surface area contributed by atoms with Crippen molar-refractivity contribution in [2.24, 2.45) is 5.92 Å². The zero-order valence-electron chi connectivity index (χ0n) is 11.8. The van der Waals surface area contributed by atoms with Crippen molar-refractivity contribution in [2.45, 2.75) is 33.0 Å². The number of halogens is 3. The number of nitrogens with one attached hydrogen (secondary N) is 2. The summed E-state index contributed by atoms with van der Waals surface area (Å²) in [7, 11) is 0. The topological polar surface area (TPSA) is 58.2 Å². The molecule has 116 valence electrons. The summed E-state index contributed by atoms with van der Waals surface area (Å²) in [6.45, 7) is 4.15. The van der Waals surface area contributed by atoms with Crippen LogP contribution in [0.15, 0.2) is 24.3 Å². The second-order valence-electron chi connectivity index (χ2n) is 5.02. The lowest BCUT2D eigenvalue weighted by Gasteiger charge is -2.10. The van der Waals surface area contributed by atoms with Gasteiger partial charge in [0, 0.05) is 18.7 Å². The van der Waals surface area contributed by atoms with Gasteiger partial charge in [-0.1, -0.05) is 26.0 Å². The molecule has 0 aliphatic rings. The van der Waals surface area contributed by atoms with Crippen LogP contribution >= 0.6 is 0 Å².